The Morgan fingerprint density at radius 2 is 2.15 bits per heavy atom. The summed E-state index contributed by atoms with van der Waals surface area (Å²) < 4.78 is 13.6. The van der Waals surface area contributed by atoms with Crippen LogP contribution in [0.3, 0.4) is 0 Å². The van der Waals surface area contributed by atoms with Crippen molar-refractivity contribution in [3.63, 3.8) is 0 Å². The molecule has 1 amide bonds. The van der Waals surface area contributed by atoms with Gasteiger partial charge in [-0.15, -0.1) is 0 Å². The third kappa shape index (κ3) is 3.68. The molecule has 2 aliphatic rings. The number of hydrogen-bond acceptors (Lipinski definition) is 5. The maximum absolute atomic E-state index is 12.6. The molecule has 2 fully saturated rings. The summed E-state index contributed by atoms with van der Waals surface area (Å²) in [6.45, 7) is 7.17. The summed E-state index contributed by atoms with van der Waals surface area (Å²) in [7, 11) is 0. The van der Waals surface area contributed by atoms with Crippen molar-refractivity contribution in [3.05, 3.63) is 42.4 Å². The lowest BCUT2D eigenvalue weighted by molar-refractivity contribution is -0.152. The van der Waals surface area contributed by atoms with Gasteiger partial charge in [-0.05, 0) is 31.9 Å². The highest BCUT2D eigenvalue weighted by atomic mass is 16.5. The second-order valence-corrected chi connectivity index (χ2v) is 7.30. The minimum Gasteiger partial charge on any atom is -0.468 e. The summed E-state index contributed by atoms with van der Waals surface area (Å²) in [4.78, 5) is 21.1. The number of carbonyl (C=O) groups excluding carboxylic acids is 1. The lowest BCUT2D eigenvalue weighted by Gasteiger charge is -2.47. The predicted molar refractivity (Wildman–Crippen MR) is 95.4 cm³/mol. The Morgan fingerprint density at radius 3 is 2.85 bits per heavy atom. The van der Waals surface area contributed by atoms with E-state index in [0.29, 0.717) is 6.54 Å². The first-order chi connectivity index (χ1) is 12.6. The lowest BCUT2D eigenvalue weighted by Crippen LogP contribution is -2.57. The van der Waals surface area contributed by atoms with Crippen molar-refractivity contribution < 1.29 is 13.9 Å². The normalized spacial score (nSPS) is 20.6. The number of ether oxygens (including phenoxy) is 1. The van der Waals surface area contributed by atoms with Gasteiger partial charge in [0.2, 0.25) is 5.91 Å². The van der Waals surface area contributed by atoms with E-state index in [1.807, 2.05) is 34.7 Å². The van der Waals surface area contributed by atoms with Crippen LogP contribution < -0.4 is 0 Å². The maximum atomic E-state index is 12.6. The molecular formula is C19H26N4O3. The second-order valence-electron chi connectivity index (χ2n) is 7.30. The van der Waals surface area contributed by atoms with E-state index in [0.717, 1.165) is 63.8 Å². The van der Waals surface area contributed by atoms with Gasteiger partial charge in [0, 0.05) is 38.6 Å². The largest absolute Gasteiger partial charge is 0.468 e. The second kappa shape index (κ2) is 7.25. The molecule has 4 heterocycles. The molecule has 2 aliphatic heterocycles. The third-order valence-corrected chi connectivity index (χ3v) is 5.54. The number of aromatic nitrogens is 2. The van der Waals surface area contributed by atoms with Crippen molar-refractivity contribution in [1.29, 1.82) is 0 Å². The Bertz CT molecular complexity index is 732. The molecule has 140 valence electrons. The van der Waals surface area contributed by atoms with E-state index in [9.17, 15) is 4.79 Å². The van der Waals surface area contributed by atoms with E-state index in [1.54, 1.807) is 12.5 Å². The van der Waals surface area contributed by atoms with E-state index in [2.05, 4.69) is 9.88 Å². The quantitative estimate of drug-likeness (QED) is 0.832. The molecule has 0 bridgehead atoms. The first-order valence-electron chi connectivity index (χ1n) is 9.28. The van der Waals surface area contributed by atoms with Gasteiger partial charge in [0.15, 0.2) is 0 Å². The molecule has 2 saturated heterocycles. The summed E-state index contributed by atoms with van der Waals surface area (Å²) in [6.07, 6.45) is 7.08. The molecule has 0 N–H and O–H groups in total. The van der Waals surface area contributed by atoms with E-state index in [4.69, 9.17) is 9.15 Å². The fourth-order valence-electron chi connectivity index (χ4n) is 3.96. The molecule has 1 spiro atoms. The average molecular weight is 358 g/mol. The molecule has 0 aromatic carbocycles. The van der Waals surface area contributed by atoms with Crippen molar-refractivity contribution in [2.45, 2.75) is 38.5 Å². The van der Waals surface area contributed by atoms with Gasteiger partial charge in [-0.3, -0.25) is 9.69 Å². The average Bonchev–Trinajstić information content (AvgIpc) is 3.28. The van der Waals surface area contributed by atoms with Crippen molar-refractivity contribution >= 4 is 5.91 Å². The van der Waals surface area contributed by atoms with E-state index in [1.165, 1.54) is 0 Å². The van der Waals surface area contributed by atoms with Gasteiger partial charge >= 0.3 is 0 Å². The van der Waals surface area contributed by atoms with Gasteiger partial charge in [0.05, 0.1) is 25.0 Å². The number of hydrogen-bond donors (Lipinski definition) is 0. The fraction of sp³-hybridized carbons (Fsp3) is 0.579. The van der Waals surface area contributed by atoms with Crippen LogP contribution in [-0.4, -0.2) is 63.6 Å². The summed E-state index contributed by atoms with van der Waals surface area (Å²) in [5.74, 6) is 2.02. The minimum absolute atomic E-state index is 0.132. The van der Waals surface area contributed by atoms with Gasteiger partial charge in [-0.2, -0.15) is 0 Å². The summed E-state index contributed by atoms with van der Waals surface area (Å²) in [5.41, 5.74) is -0.132. The van der Waals surface area contributed by atoms with Crippen LogP contribution in [0.5, 0.6) is 0 Å². The van der Waals surface area contributed by atoms with Gasteiger partial charge in [0.1, 0.15) is 18.1 Å². The van der Waals surface area contributed by atoms with Crippen LogP contribution >= 0.6 is 0 Å². The zero-order valence-electron chi connectivity index (χ0n) is 15.3. The van der Waals surface area contributed by atoms with Crippen LogP contribution in [0.4, 0.5) is 0 Å². The number of likely N-dealkylation sites (tertiary alicyclic amines) is 1. The standard InChI is InChI=1S/C19H26N4O3/c1-16-20-6-9-23(16)14-18(24)22-7-4-19(5-8-22)15-21(10-12-26-19)13-17-3-2-11-25-17/h2-3,6,9,11H,4-5,7-8,10,12-15H2,1H3. The van der Waals surface area contributed by atoms with Gasteiger partial charge in [-0.25, -0.2) is 4.98 Å². The predicted octanol–water partition coefficient (Wildman–Crippen LogP) is 1.68. The zero-order chi connectivity index (χ0) is 18.0. The third-order valence-electron chi connectivity index (χ3n) is 5.54. The molecule has 0 aliphatic carbocycles. The lowest BCUT2D eigenvalue weighted by atomic mass is 9.89. The molecule has 4 rings (SSSR count). The van der Waals surface area contributed by atoms with Crippen LogP contribution in [0.1, 0.15) is 24.4 Å². The SMILES string of the molecule is Cc1nccn1CC(=O)N1CCC2(CC1)CN(Cc1ccco1)CCO2. The van der Waals surface area contributed by atoms with Crippen LogP contribution in [0.15, 0.2) is 35.2 Å². The summed E-state index contributed by atoms with van der Waals surface area (Å²) in [6, 6.07) is 3.94. The van der Waals surface area contributed by atoms with Gasteiger partial charge in [0.25, 0.3) is 0 Å². The number of morpholine rings is 1. The summed E-state index contributed by atoms with van der Waals surface area (Å²) >= 11 is 0. The molecule has 7 heteroatoms. The molecule has 2 aromatic heterocycles. The topological polar surface area (TPSA) is 63.7 Å². The molecule has 7 nitrogen and oxygen atoms in total. The van der Waals surface area contributed by atoms with Crippen molar-refractivity contribution in [2.75, 3.05) is 32.8 Å². The summed E-state index contributed by atoms with van der Waals surface area (Å²) in [5, 5.41) is 0. The minimum atomic E-state index is -0.132. The number of carbonyl (C=O) groups is 1. The molecule has 2 aromatic rings. The van der Waals surface area contributed by atoms with Gasteiger partial charge in [-0.1, -0.05) is 0 Å². The van der Waals surface area contributed by atoms with Crippen molar-refractivity contribution in [2.24, 2.45) is 0 Å². The number of imidazole rings is 1. The number of piperidine rings is 1. The first kappa shape index (κ1) is 17.3. The zero-order valence-corrected chi connectivity index (χ0v) is 15.3. The highest BCUT2D eigenvalue weighted by Gasteiger charge is 2.40. The molecule has 0 atom stereocenters. The Hall–Kier alpha value is -2.12. The molecular weight excluding hydrogens is 332 g/mol. The van der Waals surface area contributed by atoms with E-state index < -0.39 is 0 Å². The Balaban J connectivity index is 1.32. The number of amides is 1. The Labute approximate surface area is 153 Å². The molecule has 26 heavy (non-hydrogen) atoms. The highest BCUT2D eigenvalue weighted by molar-refractivity contribution is 5.76. The van der Waals surface area contributed by atoms with E-state index >= 15 is 0 Å². The van der Waals surface area contributed by atoms with Crippen LogP contribution in [0.2, 0.25) is 0 Å². The van der Waals surface area contributed by atoms with Crippen molar-refractivity contribution in [1.82, 2.24) is 19.4 Å². The number of rotatable bonds is 4. The number of furan rings is 1. The van der Waals surface area contributed by atoms with Crippen LogP contribution in [-0.2, 0) is 22.6 Å². The highest BCUT2D eigenvalue weighted by Crippen LogP contribution is 2.31. The van der Waals surface area contributed by atoms with Crippen molar-refractivity contribution in [3.8, 4) is 0 Å². The number of nitrogens with zero attached hydrogens (tertiary/aromatic N) is 4. The monoisotopic (exact) mass is 358 g/mol. The molecule has 0 unspecified atom stereocenters. The fourth-order valence-corrected chi connectivity index (χ4v) is 3.96. The van der Waals surface area contributed by atoms with E-state index in [-0.39, 0.29) is 11.5 Å². The maximum Gasteiger partial charge on any atom is 0.242 e. The molecule has 0 saturated carbocycles. The van der Waals surface area contributed by atoms with Crippen LogP contribution in [0, 0.1) is 6.92 Å². The Kier molecular flexibility index (Phi) is 4.82. The molecule has 0 radical (unpaired) electrons. The van der Waals surface area contributed by atoms with Gasteiger partial charge < -0.3 is 18.6 Å². The first-order valence-corrected chi connectivity index (χ1v) is 9.28. The smallest absolute Gasteiger partial charge is 0.242 e. The number of aryl methyl sites for hydroxylation is 1. The van der Waals surface area contributed by atoms with Crippen LogP contribution in [0.25, 0.3) is 0 Å². The Morgan fingerprint density at radius 1 is 1.31 bits per heavy atom.